The molecule has 0 amide bonds. The van der Waals surface area contributed by atoms with Crippen molar-refractivity contribution in [3.05, 3.63) is 63.1 Å². The van der Waals surface area contributed by atoms with Gasteiger partial charge >= 0.3 is 5.97 Å². The molecule has 2 aromatic rings. The number of hydrogen-bond acceptors (Lipinski definition) is 2. The highest BCUT2D eigenvalue weighted by Crippen LogP contribution is 2.24. The second-order valence-corrected chi connectivity index (χ2v) is 5.62. The molecule has 1 atom stereocenters. The molecule has 0 aliphatic carbocycles. The summed E-state index contributed by atoms with van der Waals surface area (Å²) in [6.45, 7) is 0. The number of ether oxygens (including phenoxy) is 1. The number of carbonyl (C=O) groups is 1. The molecule has 0 saturated carbocycles. The van der Waals surface area contributed by atoms with Gasteiger partial charge in [0, 0.05) is 21.5 Å². The van der Waals surface area contributed by atoms with Gasteiger partial charge in [0.2, 0.25) is 0 Å². The zero-order valence-corrected chi connectivity index (χ0v) is 13.0. The molecular weight excluding hydrogens is 335 g/mol. The molecule has 0 spiro atoms. The van der Waals surface area contributed by atoms with Crippen LogP contribution in [0.1, 0.15) is 5.56 Å². The summed E-state index contributed by atoms with van der Waals surface area (Å²) in [4.78, 5) is 11.3. The Hall–Kier alpha value is -1.42. The summed E-state index contributed by atoms with van der Waals surface area (Å²) >= 11 is 17.7. The lowest BCUT2D eigenvalue weighted by Gasteiger charge is -2.16. The van der Waals surface area contributed by atoms with Crippen molar-refractivity contribution in [3.63, 3.8) is 0 Å². The van der Waals surface area contributed by atoms with E-state index in [1.165, 1.54) is 0 Å². The molecule has 0 heterocycles. The van der Waals surface area contributed by atoms with Crippen LogP contribution < -0.4 is 4.74 Å². The first-order valence-electron chi connectivity index (χ1n) is 6.04. The molecule has 0 bridgehead atoms. The van der Waals surface area contributed by atoms with E-state index in [2.05, 4.69) is 0 Å². The normalized spacial score (nSPS) is 12.0. The zero-order valence-electron chi connectivity index (χ0n) is 10.7. The van der Waals surface area contributed by atoms with E-state index in [9.17, 15) is 9.90 Å². The fraction of sp³-hybridized carbons (Fsp3) is 0.133. The lowest BCUT2D eigenvalue weighted by molar-refractivity contribution is -0.145. The Labute approximate surface area is 137 Å². The summed E-state index contributed by atoms with van der Waals surface area (Å²) in [5.74, 6) is -0.694. The predicted molar refractivity (Wildman–Crippen MR) is 83.7 cm³/mol. The average molecular weight is 346 g/mol. The average Bonchev–Trinajstić information content (AvgIpc) is 2.40. The van der Waals surface area contributed by atoms with Crippen molar-refractivity contribution in [3.8, 4) is 5.75 Å². The van der Waals surface area contributed by atoms with Gasteiger partial charge in [-0.1, -0.05) is 46.9 Å². The van der Waals surface area contributed by atoms with E-state index < -0.39 is 12.1 Å². The van der Waals surface area contributed by atoms with Gasteiger partial charge < -0.3 is 9.84 Å². The summed E-state index contributed by atoms with van der Waals surface area (Å²) in [5.41, 5.74) is 0.649. The standard InChI is InChI=1S/C15H11Cl3O3/c16-10-2-1-3-12(7-10)21-14(15(19)20)6-9-4-5-11(17)8-13(9)18/h1-5,7-8,14H,6H2,(H,19,20). The molecule has 2 aromatic carbocycles. The summed E-state index contributed by atoms with van der Waals surface area (Å²) < 4.78 is 5.47. The monoisotopic (exact) mass is 344 g/mol. The van der Waals surface area contributed by atoms with E-state index in [1.54, 1.807) is 42.5 Å². The molecule has 110 valence electrons. The van der Waals surface area contributed by atoms with Crippen LogP contribution in [0.3, 0.4) is 0 Å². The number of aliphatic carboxylic acids is 1. The minimum Gasteiger partial charge on any atom is -0.478 e. The van der Waals surface area contributed by atoms with Gasteiger partial charge in [-0.15, -0.1) is 0 Å². The first-order chi connectivity index (χ1) is 9.95. The first-order valence-corrected chi connectivity index (χ1v) is 7.18. The predicted octanol–water partition coefficient (Wildman–Crippen LogP) is 4.72. The van der Waals surface area contributed by atoms with E-state index in [-0.39, 0.29) is 6.42 Å². The molecule has 0 aliphatic rings. The van der Waals surface area contributed by atoms with Crippen molar-refractivity contribution in [2.24, 2.45) is 0 Å². The fourth-order valence-electron chi connectivity index (χ4n) is 1.77. The van der Waals surface area contributed by atoms with Crippen molar-refractivity contribution in [2.75, 3.05) is 0 Å². The highest BCUT2D eigenvalue weighted by molar-refractivity contribution is 6.35. The zero-order chi connectivity index (χ0) is 15.4. The van der Waals surface area contributed by atoms with Crippen LogP contribution in [0.25, 0.3) is 0 Å². The fourth-order valence-corrected chi connectivity index (χ4v) is 2.44. The molecule has 6 heteroatoms. The van der Waals surface area contributed by atoms with E-state index in [0.29, 0.717) is 26.4 Å². The summed E-state index contributed by atoms with van der Waals surface area (Å²) in [6, 6.07) is 11.5. The van der Waals surface area contributed by atoms with Gasteiger partial charge in [-0.25, -0.2) is 4.79 Å². The third kappa shape index (κ3) is 4.53. The van der Waals surface area contributed by atoms with Crippen molar-refractivity contribution in [1.29, 1.82) is 0 Å². The van der Waals surface area contributed by atoms with Crippen molar-refractivity contribution in [1.82, 2.24) is 0 Å². The number of carboxylic acids is 1. The van der Waals surface area contributed by atoms with Crippen molar-refractivity contribution >= 4 is 40.8 Å². The Morgan fingerprint density at radius 2 is 1.81 bits per heavy atom. The lowest BCUT2D eigenvalue weighted by atomic mass is 10.1. The maximum atomic E-state index is 11.3. The van der Waals surface area contributed by atoms with E-state index in [4.69, 9.17) is 39.5 Å². The molecule has 0 saturated heterocycles. The van der Waals surface area contributed by atoms with Gasteiger partial charge in [-0.3, -0.25) is 0 Å². The SMILES string of the molecule is O=C(O)C(Cc1ccc(Cl)cc1Cl)Oc1cccc(Cl)c1. The molecule has 1 N–H and O–H groups in total. The van der Waals surface area contributed by atoms with Crippen LogP contribution in [-0.2, 0) is 11.2 Å². The van der Waals surface area contributed by atoms with E-state index >= 15 is 0 Å². The van der Waals surface area contributed by atoms with Gasteiger partial charge in [-0.05, 0) is 35.9 Å². The second-order valence-electron chi connectivity index (χ2n) is 4.34. The first kappa shape index (κ1) is 16.0. The van der Waals surface area contributed by atoms with Crippen LogP contribution in [0.15, 0.2) is 42.5 Å². The Bertz CT molecular complexity index is 658. The summed E-state index contributed by atoms with van der Waals surface area (Å²) in [7, 11) is 0. The molecule has 21 heavy (non-hydrogen) atoms. The van der Waals surface area contributed by atoms with Crippen LogP contribution >= 0.6 is 34.8 Å². The van der Waals surface area contributed by atoms with Crippen LogP contribution in [-0.4, -0.2) is 17.2 Å². The van der Waals surface area contributed by atoms with Gasteiger partial charge in [-0.2, -0.15) is 0 Å². The smallest absolute Gasteiger partial charge is 0.345 e. The Morgan fingerprint density at radius 1 is 1.10 bits per heavy atom. The minimum atomic E-state index is -1.08. The van der Waals surface area contributed by atoms with E-state index in [1.807, 2.05) is 0 Å². The van der Waals surface area contributed by atoms with Gasteiger partial charge in [0.1, 0.15) is 5.75 Å². The number of hydrogen-bond donors (Lipinski definition) is 1. The molecule has 3 nitrogen and oxygen atoms in total. The number of benzene rings is 2. The number of halogens is 3. The Kier molecular flexibility index (Phi) is 5.34. The highest BCUT2D eigenvalue weighted by Gasteiger charge is 2.21. The topological polar surface area (TPSA) is 46.5 Å². The van der Waals surface area contributed by atoms with E-state index in [0.717, 1.165) is 0 Å². The molecule has 2 rings (SSSR count). The van der Waals surface area contributed by atoms with Crippen molar-refractivity contribution in [2.45, 2.75) is 12.5 Å². The molecule has 0 radical (unpaired) electrons. The third-order valence-corrected chi connectivity index (χ3v) is 3.59. The van der Waals surface area contributed by atoms with Gasteiger partial charge in [0.15, 0.2) is 6.10 Å². The second kappa shape index (κ2) is 7.03. The largest absolute Gasteiger partial charge is 0.478 e. The maximum absolute atomic E-state index is 11.3. The molecule has 0 fully saturated rings. The third-order valence-electron chi connectivity index (χ3n) is 2.77. The number of rotatable bonds is 5. The lowest BCUT2D eigenvalue weighted by Crippen LogP contribution is -2.29. The summed E-state index contributed by atoms with van der Waals surface area (Å²) in [6.07, 6.45) is -0.945. The Morgan fingerprint density at radius 3 is 2.43 bits per heavy atom. The summed E-state index contributed by atoms with van der Waals surface area (Å²) in [5, 5.41) is 10.7. The van der Waals surface area contributed by atoms with Crippen LogP contribution in [0.2, 0.25) is 15.1 Å². The quantitative estimate of drug-likeness (QED) is 0.852. The molecule has 0 aromatic heterocycles. The van der Waals surface area contributed by atoms with Gasteiger partial charge in [0.05, 0.1) is 0 Å². The van der Waals surface area contributed by atoms with Crippen LogP contribution in [0.5, 0.6) is 5.75 Å². The van der Waals surface area contributed by atoms with Gasteiger partial charge in [0.25, 0.3) is 0 Å². The Balaban J connectivity index is 2.18. The van der Waals surface area contributed by atoms with Crippen molar-refractivity contribution < 1.29 is 14.6 Å². The molecular formula is C15H11Cl3O3. The van der Waals surface area contributed by atoms with Crippen LogP contribution in [0.4, 0.5) is 0 Å². The minimum absolute atomic E-state index is 0.123. The number of carboxylic acid groups (broad SMARTS) is 1. The molecule has 0 aliphatic heterocycles. The molecule has 1 unspecified atom stereocenters. The maximum Gasteiger partial charge on any atom is 0.345 e. The highest BCUT2D eigenvalue weighted by atomic mass is 35.5. The van der Waals surface area contributed by atoms with Crippen LogP contribution in [0, 0.1) is 0 Å².